The highest BCUT2D eigenvalue weighted by Crippen LogP contribution is 2.41. The maximum atomic E-state index is 12.5. The highest BCUT2D eigenvalue weighted by molar-refractivity contribution is 6.31. The number of carbonyl (C=O) groups is 1. The zero-order valence-corrected chi connectivity index (χ0v) is 12.3. The Morgan fingerprint density at radius 3 is 2.57 bits per heavy atom. The standard InChI is InChI=1S/C17H17ClN2O/c18-13-8-9-15(19)14(10-13)17(21)20-16(12-6-7-12)11-4-2-1-3-5-11/h1-5,8-10,12,16H,6-7,19H2,(H,20,21). The van der Waals surface area contributed by atoms with E-state index in [4.69, 9.17) is 17.3 Å². The van der Waals surface area contributed by atoms with Gasteiger partial charge < -0.3 is 11.1 Å². The largest absolute Gasteiger partial charge is 0.398 e. The molecule has 2 aromatic carbocycles. The summed E-state index contributed by atoms with van der Waals surface area (Å²) in [6, 6.07) is 15.0. The Hall–Kier alpha value is -2.00. The normalized spacial score (nSPS) is 15.5. The minimum Gasteiger partial charge on any atom is -0.398 e. The maximum Gasteiger partial charge on any atom is 0.253 e. The third-order valence-corrected chi connectivity index (χ3v) is 4.03. The van der Waals surface area contributed by atoms with Gasteiger partial charge in [-0.25, -0.2) is 0 Å². The van der Waals surface area contributed by atoms with E-state index in [0.717, 1.165) is 18.4 Å². The SMILES string of the molecule is Nc1ccc(Cl)cc1C(=O)NC(c1ccccc1)C1CC1. The van der Waals surface area contributed by atoms with Gasteiger partial charge >= 0.3 is 0 Å². The number of amides is 1. The summed E-state index contributed by atoms with van der Waals surface area (Å²) >= 11 is 5.95. The van der Waals surface area contributed by atoms with Gasteiger partial charge in [0, 0.05) is 10.7 Å². The zero-order chi connectivity index (χ0) is 14.8. The molecule has 0 aromatic heterocycles. The summed E-state index contributed by atoms with van der Waals surface area (Å²) in [7, 11) is 0. The summed E-state index contributed by atoms with van der Waals surface area (Å²) in [5.74, 6) is 0.340. The lowest BCUT2D eigenvalue weighted by atomic mass is 10.0. The summed E-state index contributed by atoms with van der Waals surface area (Å²) in [5.41, 5.74) is 7.89. The van der Waals surface area contributed by atoms with Crippen LogP contribution in [0.1, 0.15) is 34.8 Å². The van der Waals surface area contributed by atoms with Gasteiger partial charge in [0.25, 0.3) is 5.91 Å². The van der Waals surface area contributed by atoms with Crippen molar-refractivity contribution in [2.24, 2.45) is 5.92 Å². The number of benzene rings is 2. The Morgan fingerprint density at radius 2 is 1.90 bits per heavy atom. The second kappa shape index (κ2) is 5.78. The van der Waals surface area contributed by atoms with Gasteiger partial charge in [-0.3, -0.25) is 4.79 Å². The minimum absolute atomic E-state index is 0.0390. The van der Waals surface area contributed by atoms with Crippen molar-refractivity contribution in [2.75, 3.05) is 5.73 Å². The number of rotatable bonds is 4. The van der Waals surface area contributed by atoms with E-state index in [1.807, 2.05) is 30.3 Å². The van der Waals surface area contributed by atoms with Crippen LogP contribution >= 0.6 is 11.6 Å². The van der Waals surface area contributed by atoms with Gasteiger partial charge in [0.1, 0.15) is 0 Å². The number of nitrogens with one attached hydrogen (secondary N) is 1. The molecule has 21 heavy (non-hydrogen) atoms. The molecule has 0 bridgehead atoms. The second-order valence-corrected chi connectivity index (χ2v) is 5.87. The first kappa shape index (κ1) is 14.0. The first-order valence-corrected chi connectivity index (χ1v) is 7.44. The topological polar surface area (TPSA) is 55.1 Å². The molecule has 108 valence electrons. The molecule has 0 aliphatic heterocycles. The van der Waals surface area contributed by atoms with Crippen LogP contribution in [-0.4, -0.2) is 5.91 Å². The van der Waals surface area contributed by atoms with E-state index in [9.17, 15) is 4.79 Å². The van der Waals surface area contributed by atoms with Crippen LogP contribution in [0, 0.1) is 5.92 Å². The fraction of sp³-hybridized carbons (Fsp3) is 0.235. The fourth-order valence-corrected chi connectivity index (χ4v) is 2.68. The summed E-state index contributed by atoms with van der Waals surface area (Å²) in [5, 5.41) is 3.61. The number of anilines is 1. The molecule has 1 fully saturated rings. The molecule has 3 nitrogen and oxygen atoms in total. The van der Waals surface area contributed by atoms with Crippen molar-refractivity contribution >= 4 is 23.2 Å². The summed E-state index contributed by atoms with van der Waals surface area (Å²) < 4.78 is 0. The predicted molar refractivity (Wildman–Crippen MR) is 85.2 cm³/mol. The molecule has 1 aliphatic rings. The van der Waals surface area contributed by atoms with Gasteiger partial charge in [-0.1, -0.05) is 41.9 Å². The zero-order valence-electron chi connectivity index (χ0n) is 11.6. The van der Waals surface area contributed by atoms with E-state index < -0.39 is 0 Å². The van der Waals surface area contributed by atoms with Crippen LogP contribution < -0.4 is 11.1 Å². The quantitative estimate of drug-likeness (QED) is 0.844. The highest BCUT2D eigenvalue weighted by atomic mass is 35.5. The van der Waals surface area contributed by atoms with Crippen molar-refractivity contribution in [1.29, 1.82) is 0 Å². The van der Waals surface area contributed by atoms with Gasteiger partial charge in [-0.2, -0.15) is 0 Å². The lowest BCUT2D eigenvalue weighted by Crippen LogP contribution is -2.30. The number of nitrogen functional groups attached to an aromatic ring is 1. The molecule has 0 heterocycles. The second-order valence-electron chi connectivity index (χ2n) is 5.43. The van der Waals surface area contributed by atoms with Crippen LogP contribution in [0.25, 0.3) is 0 Å². The molecule has 3 N–H and O–H groups in total. The van der Waals surface area contributed by atoms with Crippen molar-refractivity contribution in [3.05, 3.63) is 64.7 Å². The van der Waals surface area contributed by atoms with Gasteiger partial charge in [0.05, 0.1) is 11.6 Å². The van der Waals surface area contributed by atoms with E-state index in [1.54, 1.807) is 18.2 Å². The Kier molecular flexibility index (Phi) is 3.84. The molecule has 4 heteroatoms. The lowest BCUT2D eigenvalue weighted by molar-refractivity contribution is 0.0932. The average molecular weight is 301 g/mol. The first-order valence-electron chi connectivity index (χ1n) is 7.06. The predicted octanol–water partition coefficient (Wildman–Crippen LogP) is 3.80. The van der Waals surface area contributed by atoms with E-state index in [-0.39, 0.29) is 11.9 Å². The monoisotopic (exact) mass is 300 g/mol. The van der Waals surface area contributed by atoms with Crippen molar-refractivity contribution < 1.29 is 4.79 Å². The summed E-state index contributed by atoms with van der Waals surface area (Å²) in [6.07, 6.45) is 2.29. The molecular weight excluding hydrogens is 284 g/mol. The Labute approximate surface area is 129 Å². The highest BCUT2D eigenvalue weighted by Gasteiger charge is 2.33. The molecule has 1 aliphatic carbocycles. The number of carbonyl (C=O) groups excluding carboxylic acids is 1. The van der Waals surface area contributed by atoms with Crippen LogP contribution in [0.2, 0.25) is 5.02 Å². The number of hydrogen-bond acceptors (Lipinski definition) is 2. The fourth-order valence-electron chi connectivity index (χ4n) is 2.51. The van der Waals surface area contributed by atoms with Crippen LogP contribution in [-0.2, 0) is 0 Å². The summed E-state index contributed by atoms with van der Waals surface area (Å²) in [4.78, 5) is 12.5. The van der Waals surface area contributed by atoms with E-state index in [1.165, 1.54) is 0 Å². The van der Waals surface area contributed by atoms with Crippen molar-refractivity contribution in [3.8, 4) is 0 Å². The Bertz CT molecular complexity index is 653. The van der Waals surface area contributed by atoms with Crippen LogP contribution in [0.5, 0.6) is 0 Å². The van der Waals surface area contributed by atoms with Gasteiger partial charge in [0.2, 0.25) is 0 Å². The molecule has 1 saturated carbocycles. The number of hydrogen-bond donors (Lipinski definition) is 2. The molecular formula is C17H17ClN2O. The van der Waals surface area contributed by atoms with Crippen LogP contribution in [0.15, 0.2) is 48.5 Å². The molecule has 3 rings (SSSR count). The maximum absolute atomic E-state index is 12.5. The minimum atomic E-state index is -0.171. The van der Waals surface area contributed by atoms with Crippen molar-refractivity contribution in [2.45, 2.75) is 18.9 Å². The number of nitrogens with two attached hydrogens (primary N) is 1. The van der Waals surface area contributed by atoms with Crippen molar-refractivity contribution in [3.63, 3.8) is 0 Å². The van der Waals surface area contributed by atoms with Gasteiger partial charge in [0.15, 0.2) is 0 Å². The molecule has 2 aromatic rings. The Balaban J connectivity index is 1.83. The third kappa shape index (κ3) is 3.19. The summed E-state index contributed by atoms with van der Waals surface area (Å²) in [6.45, 7) is 0. The molecule has 1 unspecified atom stereocenters. The van der Waals surface area contributed by atoms with E-state index in [0.29, 0.717) is 22.2 Å². The first-order chi connectivity index (χ1) is 10.1. The molecule has 1 amide bonds. The Morgan fingerprint density at radius 1 is 1.19 bits per heavy atom. The van der Waals surface area contributed by atoms with Crippen LogP contribution in [0.3, 0.4) is 0 Å². The van der Waals surface area contributed by atoms with E-state index in [2.05, 4.69) is 5.32 Å². The molecule has 0 spiro atoms. The van der Waals surface area contributed by atoms with Gasteiger partial charge in [-0.15, -0.1) is 0 Å². The van der Waals surface area contributed by atoms with Crippen molar-refractivity contribution in [1.82, 2.24) is 5.32 Å². The molecule has 0 saturated heterocycles. The van der Waals surface area contributed by atoms with E-state index >= 15 is 0 Å². The van der Waals surface area contributed by atoms with Gasteiger partial charge in [-0.05, 0) is 42.5 Å². The third-order valence-electron chi connectivity index (χ3n) is 3.80. The lowest BCUT2D eigenvalue weighted by Gasteiger charge is -2.19. The smallest absolute Gasteiger partial charge is 0.253 e. The average Bonchev–Trinajstić information content (AvgIpc) is 3.32. The molecule has 1 atom stereocenters. The van der Waals surface area contributed by atoms with Crippen LogP contribution in [0.4, 0.5) is 5.69 Å². The molecule has 0 radical (unpaired) electrons. The number of halogens is 1.